The van der Waals surface area contributed by atoms with Crippen molar-refractivity contribution in [3.05, 3.63) is 107 Å². The summed E-state index contributed by atoms with van der Waals surface area (Å²) in [5, 5.41) is 4.13. The van der Waals surface area contributed by atoms with Gasteiger partial charge in [0.1, 0.15) is 18.1 Å². The number of halogens is 3. The molecule has 4 rings (SSSR count). The van der Waals surface area contributed by atoms with Crippen LogP contribution in [0.4, 0.5) is 13.2 Å². The van der Waals surface area contributed by atoms with Crippen molar-refractivity contribution in [3.63, 3.8) is 0 Å². The van der Waals surface area contributed by atoms with Crippen LogP contribution in [0, 0.1) is 0 Å². The summed E-state index contributed by atoms with van der Waals surface area (Å²) < 4.78 is 54.7. The summed E-state index contributed by atoms with van der Waals surface area (Å²) in [6.45, 7) is 2.24. The van der Waals surface area contributed by atoms with E-state index in [9.17, 15) is 18.0 Å². The number of nitrogens with zero attached hydrogens (tertiary/aromatic N) is 1. The first-order chi connectivity index (χ1) is 17.8. The standard InChI is InChI=1S/C29H26F3NO4/c1-3-24-16-27(33-37-24)26(17-28(34)35-2)21-9-13-25(14-10-21)36-18-19-5-4-6-22(15-19)20-7-11-23(12-8-20)29(30,31)32/h4-16,26H,3,17-18H2,1-2H3/t26-/m0/s1. The molecule has 0 aliphatic rings. The van der Waals surface area contributed by atoms with Crippen LogP contribution < -0.4 is 4.74 Å². The summed E-state index contributed by atoms with van der Waals surface area (Å²) in [5.41, 5.74) is 3.22. The number of rotatable bonds is 9. The van der Waals surface area contributed by atoms with E-state index in [2.05, 4.69) is 5.16 Å². The van der Waals surface area contributed by atoms with Gasteiger partial charge in [-0.15, -0.1) is 0 Å². The molecule has 0 aliphatic carbocycles. The summed E-state index contributed by atoms with van der Waals surface area (Å²) in [4.78, 5) is 12.0. The lowest BCUT2D eigenvalue weighted by Gasteiger charge is -2.14. The highest BCUT2D eigenvalue weighted by atomic mass is 19.4. The molecule has 0 saturated heterocycles. The molecule has 5 nitrogen and oxygen atoms in total. The molecular formula is C29H26F3NO4. The molecule has 8 heteroatoms. The van der Waals surface area contributed by atoms with E-state index < -0.39 is 11.7 Å². The van der Waals surface area contributed by atoms with Gasteiger partial charge in [-0.2, -0.15) is 13.2 Å². The molecule has 0 amide bonds. The Morgan fingerprint density at radius 2 is 1.70 bits per heavy atom. The fraction of sp³-hybridized carbons (Fsp3) is 0.241. The van der Waals surface area contributed by atoms with Crippen molar-refractivity contribution in [2.24, 2.45) is 0 Å². The van der Waals surface area contributed by atoms with Crippen LogP contribution in [-0.2, 0) is 28.7 Å². The first-order valence-electron chi connectivity index (χ1n) is 11.8. The average Bonchev–Trinajstić information content (AvgIpc) is 3.40. The van der Waals surface area contributed by atoms with E-state index in [-0.39, 0.29) is 24.9 Å². The predicted octanol–water partition coefficient (Wildman–Crippen LogP) is 7.20. The second-order valence-corrected chi connectivity index (χ2v) is 8.54. The zero-order valence-corrected chi connectivity index (χ0v) is 20.4. The van der Waals surface area contributed by atoms with Crippen LogP contribution in [0.1, 0.15) is 47.4 Å². The third kappa shape index (κ3) is 6.58. The van der Waals surface area contributed by atoms with Crippen molar-refractivity contribution in [1.82, 2.24) is 5.16 Å². The minimum absolute atomic E-state index is 0.128. The predicted molar refractivity (Wildman–Crippen MR) is 132 cm³/mol. The van der Waals surface area contributed by atoms with Crippen LogP contribution in [0.5, 0.6) is 5.75 Å². The molecule has 192 valence electrons. The Bertz CT molecular complexity index is 1330. The minimum Gasteiger partial charge on any atom is -0.489 e. The Hall–Kier alpha value is -4.07. The fourth-order valence-electron chi connectivity index (χ4n) is 3.96. The Labute approximate surface area is 212 Å². The minimum atomic E-state index is -4.36. The van der Waals surface area contributed by atoms with Gasteiger partial charge in [0, 0.05) is 18.4 Å². The van der Waals surface area contributed by atoms with Gasteiger partial charge in [0.15, 0.2) is 0 Å². The summed E-state index contributed by atoms with van der Waals surface area (Å²) in [7, 11) is 1.35. The van der Waals surface area contributed by atoms with Gasteiger partial charge in [-0.05, 0) is 52.6 Å². The molecule has 4 aromatic rings. The molecule has 1 atom stereocenters. The Morgan fingerprint density at radius 3 is 2.32 bits per heavy atom. The number of carbonyl (C=O) groups is 1. The van der Waals surface area contributed by atoms with E-state index in [1.807, 2.05) is 61.5 Å². The van der Waals surface area contributed by atoms with E-state index in [1.165, 1.54) is 19.2 Å². The second kappa shape index (κ2) is 11.3. The number of hydrogen-bond donors (Lipinski definition) is 0. The first kappa shape index (κ1) is 26.0. The molecule has 1 aromatic heterocycles. The topological polar surface area (TPSA) is 61.6 Å². The Balaban J connectivity index is 1.45. The molecule has 37 heavy (non-hydrogen) atoms. The fourth-order valence-corrected chi connectivity index (χ4v) is 3.96. The summed E-state index contributed by atoms with van der Waals surface area (Å²) in [6, 6.07) is 21.8. The van der Waals surface area contributed by atoms with Crippen LogP contribution in [0.3, 0.4) is 0 Å². The number of alkyl halides is 3. The molecule has 0 bridgehead atoms. The number of hydrogen-bond acceptors (Lipinski definition) is 5. The van der Waals surface area contributed by atoms with Crippen LogP contribution in [0.15, 0.2) is 83.4 Å². The van der Waals surface area contributed by atoms with Crippen molar-refractivity contribution in [1.29, 1.82) is 0 Å². The van der Waals surface area contributed by atoms with Gasteiger partial charge in [-0.3, -0.25) is 4.79 Å². The van der Waals surface area contributed by atoms with Crippen molar-refractivity contribution in [2.45, 2.75) is 38.5 Å². The lowest BCUT2D eigenvalue weighted by molar-refractivity contribution is -0.141. The zero-order chi connectivity index (χ0) is 26.4. The van der Waals surface area contributed by atoms with Crippen LogP contribution in [0.25, 0.3) is 11.1 Å². The molecule has 0 N–H and O–H groups in total. The van der Waals surface area contributed by atoms with Crippen molar-refractivity contribution >= 4 is 5.97 Å². The second-order valence-electron chi connectivity index (χ2n) is 8.54. The molecule has 0 radical (unpaired) electrons. The monoisotopic (exact) mass is 509 g/mol. The normalized spacial score (nSPS) is 12.2. The van der Waals surface area contributed by atoms with Crippen LogP contribution >= 0.6 is 0 Å². The number of ether oxygens (including phenoxy) is 2. The highest BCUT2D eigenvalue weighted by Gasteiger charge is 2.30. The van der Waals surface area contributed by atoms with Gasteiger partial charge >= 0.3 is 12.1 Å². The number of methoxy groups -OCH3 is 1. The molecule has 0 fully saturated rings. The maximum absolute atomic E-state index is 12.8. The third-order valence-electron chi connectivity index (χ3n) is 6.04. The van der Waals surface area contributed by atoms with Gasteiger partial charge in [0.25, 0.3) is 0 Å². The maximum atomic E-state index is 12.8. The molecule has 0 aliphatic heterocycles. The quantitative estimate of drug-likeness (QED) is 0.223. The molecule has 0 saturated carbocycles. The highest BCUT2D eigenvalue weighted by molar-refractivity contribution is 5.71. The lowest BCUT2D eigenvalue weighted by atomic mass is 9.92. The maximum Gasteiger partial charge on any atom is 0.416 e. The number of aryl methyl sites for hydroxylation is 1. The highest BCUT2D eigenvalue weighted by Crippen LogP contribution is 2.32. The first-order valence-corrected chi connectivity index (χ1v) is 11.8. The molecule has 0 unspecified atom stereocenters. The summed E-state index contributed by atoms with van der Waals surface area (Å²) in [6.07, 6.45) is -3.54. The molecule has 3 aromatic carbocycles. The SMILES string of the molecule is CCc1cc([C@@H](CC(=O)OC)c2ccc(OCc3cccc(-c4ccc(C(F)(F)F)cc4)c3)cc2)no1. The van der Waals surface area contributed by atoms with Crippen molar-refractivity contribution in [3.8, 4) is 16.9 Å². The van der Waals surface area contributed by atoms with Crippen molar-refractivity contribution in [2.75, 3.05) is 7.11 Å². The zero-order valence-electron chi connectivity index (χ0n) is 20.4. The van der Waals surface area contributed by atoms with Gasteiger partial charge in [0.05, 0.1) is 24.8 Å². The van der Waals surface area contributed by atoms with E-state index in [4.69, 9.17) is 14.0 Å². The molecule has 0 spiro atoms. The van der Waals surface area contributed by atoms with Crippen LogP contribution in [0.2, 0.25) is 0 Å². The van der Waals surface area contributed by atoms with E-state index in [1.54, 1.807) is 0 Å². The molecular weight excluding hydrogens is 483 g/mol. The van der Waals surface area contributed by atoms with E-state index in [0.717, 1.165) is 34.6 Å². The van der Waals surface area contributed by atoms with E-state index >= 15 is 0 Å². The number of aromatic nitrogens is 1. The Morgan fingerprint density at radius 1 is 0.973 bits per heavy atom. The lowest BCUT2D eigenvalue weighted by Crippen LogP contribution is -2.10. The molecule has 1 heterocycles. The summed E-state index contributed by atoms with van der Waals surface area (Å²) in [5.74, 6) is 0.712. The van der Waals surface area contributed by atoms with Crippen molar-refractivity contribution < 1.29 is 32.0 Å². The smallest absolute Gasteiger partial charge is 0.416 e. The van der Waals surface area contributed by atoms with Gasteiger partial charge in [-0.25, -0.2) is 0 Å². The third-order valence-corrected chi connectivity index (χ3v) is 6.04. The average molecular weight is 510 g/mol. The van der Waals surface area contributed by atoms with Gasteiger partial charge in [-0.1, -0.05) is 54.5 Å². The van der Waals surface area contributed by atoms with Gasteiger partial charge < -0.3 is 14.0 Å². The van der Waals surface area contributed by atoms with Gasteiger partial charge in [0.2, 0.25) is 0 Å². The number of benzene rings is 3. The van der Waals surface area contributed by atoms with E-state index in [0.29, 0.717) is 23.4 Å². The Kier molecular flexibility index (Phi) is 7.96. The van der Waals surface area contributed by atoms with Crippen LogP contribution in [-0.4, -0.2) is 18.2 Å². The largest absolute Gasteiger partial charge is 0.489 e. The number of carbonyl (C=O) groups excluding carboxylic acids is 1. The number of esters is 1. The summed E-state index contributed by atoms with van der Waals surface area (Å²) >= 11 is 0.